The van der Waals surface area contributed by atoms with Gasteiger partial charge in [-0.15, -0.1) is 0 Å². The molecule has 1 saturated carbocycles. The summed E-state index contributed by atoms with van der Waals surface area (Å²) in [7, 11) is 0. The smallest absolute Gasteiger partial charge is 0.373 e. The number of rotatable bonds is 9. The molecule has 0 radical (unpaired) electrons. The molecule has 1 aliphatic carbocycles. The fourth-order valence-corrected chi connectivity index (χ4v) is 5.71. The summed E-state index contributed by atoms with van der Waals surface area (Å²) in [5.41, 5.74) is 5.24. The maximum absolute atomic E-state index is 15.0. The van der Waals surface area contributed by atoms with Gasteiger partial charge in [-0.3, -0.25) is 9.51 Å². The average Bonchev–Trinajstić information content (AvgIpc) is 3.55. The van der Waals surface area contributed by atoms with Crippen LogP contribution in [0.1, 0.15) is 68.3 Å². The van der Waals surface area contributed by atoms with Gasteiger partial charge in [-0.2, -0.15) is 0 Å². The van der Waals surface area contributed by atoms with Gasteiger partial charge in [0.15, 0.2) is 5.82 Å². The molecule has 0 amide bonds. The van der Waals surface area contributed by atoms with E-state index in [0.717, 1.165) is 73.3 Å². The molecule has 2 aromatic heterocycles. The molecule has 4 aromatic rings. The van der Waals surface area contributed by atoms with E-state index < -0.39 is 11.6 Å². The summed E-state index contributed by atoms with van der Waals surface area (Å²) in [5, 5.41) is 8.09. The molecule has 1 aliphatic heterocycles. The van der Waals surface area contributed by atoms with Crippen molar-refractivity contribution in [3.05, 3.63) is 75.7 Å². The Morgan fingerprint density at radius 3 is 2.67 bits per heavy atom. The Hall–Kier alpha value is -3.72. The van der Waals surface area contributed by atoms with Crippen molar-refractivity contribution in [3.8, 4) is 22.6 Å². The first kappa shape index (κ1) is 25.6. The van der Waals surface area contributed by atoms with Crippen LogP contribution in [0.2, 0.25) is 0 Å². The van der Waals surface area contributed by atoms with Crippen LogP contribution in [0.3, 0.4) is 0 Å². The molecule has 8 nitrogen and oxygen atoms in total. The van der Waals surface area contributed by atoms with Crippen LogP contribution in [0.25, 0.3) is 22.6 Å². The van der Waals surface area contributed by atoms with Crippen molar-refractivity contribution in [1.29, 1.82) is 0 Å². The zero-order chi connectivity index (χ0) is 26.9. The van der Waals surface area contributed by atoms with Crippen molar-refractivity contribution in [2.24, 2.45) is 0 Å². The third kappa shape index (κ3) is 5.28. The Bertz CT molecular complexity index is 1500. The maximum atomic E-state index is 15.0. The normalized spacial score (nSPS) is 19.5. The second-order valence-corrected chi connectivity index (χ2v) is 10.7. The molecule has 39 heavy (non-hydrogen) atoms. The van der Waals surface area contributed by atoms with Gasteiger partial charge in [0.2, 0.25) is 0 Å². The van der Waals surface area contributed by atoms with Crippen LogP contribution in [0.15, 0.2) is 56.3 Å². The first-order chi connectivity index (χ1) is 19.0. The van der Waals surface area contributed by atoms with Gasteiger partial charge in [0, 0.05) is 35.3 Å². The van der Waals surface area contributed by atoms with Gasteiger partial charge in [-0.05, 0) is 62.8 Å². The molecule has 2 atom stereocenters. The van der Waals surface area contributed by atoms with Crippen LogP contribution < -0.4 is 10.7 Å². The summed E-state index contributed by atoms with van der Waals surface area (Å²) in [4.78, 5) is 16.0. The summed E-state index contributed by atoms with van der Waals surface area (Å²) in [6.45, 7) is 5.50. The third-order valence-electron chi connectivity index (χ3n) is 7.90. The van der Waals surface area contributed by atoms with Crippen LogP contribution in [-0.2, 0) is 11.3 Å². The number of hydrogen-bond donors (Lipinski definition) is 1. The summed E-state index contributed by atoms with van der Waals surface area (Å²) in [5.74, 6) is 0.344. The fourth-order valence-electron chi connectivity index (χ4n) is 5.71. The lowest BCUT2D eigenvalue weighted by Crippen LogP contribution is -2.45. The predicted molar refractivity (Wildman–Crippen MR) is 145 cm³/mol. The highest BCUT2D eigenvalue weighted by molar-refractivity contribution is 5.67. The van der Waals surface area contributed by atoms with Crippen molar-refractivity contribution in [2.75, 3.05) is 11.4 Å². The van der Waals surface area contributed by atoms with E-state index in [4.69, 9.17) is 9.26 Å². The molecule has 2 unspecified atom stereocenters. The van der Waals surface area contributed by atoms with Crippen LogP contribution in [0.5, 0.6) is 0 Å². The van der Waals surface area contributed by atoms with Crippen molar-refractivity contribution in [2.45, 2.75) is 77.0 Å². The monoisotopic (exact) mass is 532 g/mol. The molecule has 3 heterocycles. The Balaban J connectivity index is 1.18. The van der Waals surface area contributed by atoms with E-state index >= 15 is 4.39 Å². The number of aromatic amines is 1. The second kappa shape index (κ2) is 10.8. The Morgan fingerprint density at radius 2 is 1.95 bits per heavy atom. The summed E-state index contributed by atoms with van der Waals surface area (Å²) < 4.78 is 32.0. The van der Waals surface area contributed by atoms with Gasteiger partial charge >= 0.3 is 5.76 Å². The van der Waals surface area contributed by atoms with Crippen molar-refractivity contribution >= 4 is 5.69 Å². The number of H-pyrrole nitrogens is 1. The Kier molecular flexibility index (Phi) is 7.08. The third-order valence-corrected chi connectivity index (χ3v) is 7.90. The zero-order valence-electron chi connectivity index (χ0n) is 22.3. The number of aryl methyl sites for hydroxylation is 1. The van der Waals surface area contributed by atoms with Crippen molar-refractivity contribution in [3.63, 3.8) is 0 Å². The number of anilines is 1. The molecule has 2 aromatic carbocycles. The Morgan fingerprint density at radius 1 is 1.10 bits per heavy atom. The number of ether oxygens (including phenoxy) is 1. The highest BCUT2D eigenvalue weighted by Crippen LogP contribution is 2.45. The van der Waals surface area contributed by atoms with Crippen LogP contribution in [0, 0.1) is 12.7 Å². The van der Waals surface area contributed by atoms with Gasteiger partial charge < -0.3 is 14.2 Å². The fraction of sp³-hybridized carbons (Fsp3) is 0.433. The zero-order valence-corrected chi connectivity index (χ0v) is 22.3. The molecule has 204 valence electrons. The van der Waals surface area contributed by atoms with E-state index in [0.29, 0.717) is 12.5 Å². The minimum Gasteiger partial charge on any atom is -0.373 e. The molecule has 2 fully saturated rings. The van der Waals surface area contributed by atoms with E-state index in [1.165, 1.54) is 11.6 Å². The number of hydrogen-bond acceptors (Lipinski definition) is 7. The van der Waals surface area contributed by atoms with Crippen molar-refractivity contribution < 1.29 is 18.2 Å². The highest BCUT2D eigenvalue weighted by Gasteiger charge is 2.34. The largest absolute Gasteiger partial charge is 0.439 e. The second-order valence-electron chi connectivity index (χ2n) is 10.7. The first-order valence-electron chi connectivity index (χ1n) is 13.8. The molecule has 2 aliphatic rings. The van der Waals surface area contributed by atoms with Crippen LogP contribution in [0.4, 0.5) is 10.1 Å². The number of piperidine rings is 1. The molecule has 0 spiro atoms. The Labute approximate surface area is 226 Å². The van der Waals surface area contributed by atoms with E-state index in [-0.39, 0.29) is 23.5 Å². The van der Waals surface area contributed by atoms with Gasteiger partial charge in [-0.25, -0.2) is 9.18 Å². The average molecular weight is 533 g/mol. The SMILES string of the molecule is CCCC1CC(OCc2c(-c3ccccc3C)noc2C2CC2)CCN1c1ccc(-c2noc(=O)[nH]2)c(F)c1. The van der Waals surface area contributed by atoms with Crippen molar-refractivity contribution in [1.82, 2.24) is 15.3 Å². The molecule has 1 N–H and O–H groups in total. The summed E-state index contributed by atoms with van der Waals surface area (Å²) in [6, 6.07) is 13.5. The van der Waals surface area contributed by atoms with Gasteiger partial charge in [0.25, 0.3) is 0 Å². The topological polar surface area (TPSA) is 97.4 Å². The molecular weight excluding hydrogens is 499 g/mol. The minimum absolute atomic E-state index is 0.0886. The minimum atomic E-state index is -0.708. The van der Waals surface area contributed by atoms with E-state index in [1.807, 2.05) is 18.2 Å². The quantitative estimate of drug-likeness (QED) is 0.268. The maximum Gasteiger partial charge on any atom is 0.439 e. The number of nitrogens with one attached hydrogen (secondary N) is 1. The van der Waals surface area contributed by atoms with E-state index in [9.17, 15) is 4.79 Å². The lowest BCUT2D eigenvalue weighted by molar-refractivity contribution is 0.0153. The molecule has 9 heteroatoms. The molecule has 1 saturated heterocycles. The van der Waals surface area contributed by atoms with Gasteiger partial charge in [0.1, 0.15) is 17.3 Å². The predicted octanol–water partition coefficient (Wildman–Crippen LogP) is 6.36. The standard InChI is InChI=1S/C30H33FN4O4/c1-3-6-20-15-22(13-14-35(20)21-11-12-24(26(31)16-21)29-32-30(36)39-34-29)37-17-25-27(23-8-5-4-7-18(23)2)33-38-28(25)19-9-10-19/h4-5,7-8,11-12,16,19-20,22H,3,6,9-10,13-15,17H2,1-2H3,(H,32,34,36). The number of halogens is 1. The number of benzene rings is 2. The van der Waals surface area contributed by atoms with E-state index in [2.05, 4.69) is 50.7 Å². The molecule has 6 rings (SSSR count). The summed E-state index contributed by atoms with van der Waals surface area (Å²) >= 11 is 0. The number of aromatic nitrogens is 3. The van der Waals surface area contributed by atoms with Gasteiger partial charge in [-0.1, -0.05) is 47.9 Å². The van der Waals surface area contributed by atoms with E-state index in [1.54, 1.807) is 6.07 Å². The number of nitrogens with zero attached hydrogens (tertiary/aromatic N) is 3. The van der Waals surface area contributed by atoms with Crippen LogP contribution >= 0.6 is 0 Å². The first-order valence-corrected chi connectivity index (χ1v) is 13.8. The van der Waals surface area contributed by atoms with Crippen LogP contribution in [-0.4, -0.2) is 34.0 Å². The lowest BCUT2D eigenvalue weighted by Gasteiger charge is -2.41. The molecular formula is C30H33FN4O4. The summed E-state index contributed by atoms with van der Waals surface area (Å²) in [6.07, 6.45) is 6.05. The lowest BCUT2D eigenvalue weighted by atomic mass is 9.94. The highest BCUT2D eigenvalue weighted by atomic mass is 19.1. The molecule has 0 bridgehead atoms. The van der Waals surface area contributed by atoms with Gasteiger partial charge in [0.05, 0.1) is 18.3 Å².